The highest BCUT2D eigenvalue weighted by molar-refractivity contribution is 5.94. The van der Waals surface area contributed by atoms with E-state index in [-0.39, 0.29) is 42.1 Å². The molecule has 0 unspecified atom stereocenters. The number of carbonyl (C=O) groups excluding carboxylic acids is 1. The molecule has 1 saturated heterocycles. The third kappa shape index (κ3) is 5.21. The Morgan fingerprint density at radius 1 is 1.00 bits per heavy atom. The number of amides is 2. The van der Waals surface area contributed by atoms with Crippen molar-refractivity contribution in [1.82, 2.24) is 14.7 Å². The number of piperidine rings is 1. The first-order valence-corrected chi connectivity index (χ1v) is 13.2. The molecule has 0 bridgehead atoms. The Morgan fingerprint density at radius 2 is 1.69 bits per heavy atom. The lowest BCUT2D eigenvalue weighted by atomic mass is 10.00. The van der Waals surface area contributed by atoms with Gasteiger partial charge >= 0.3 is 12.2 Å². The quantitative estimate of drug-likeness (QED) is 0.344. The van der Waals surface area contributed by atoms with Crippen LogP contribution in [-0.2, 0) is 24.8 Å². The molecule has 1 aromatic heterocycles. The van der Waals surface area contributed by atoms with Gasteiger partial charge in [0.05, 0.1) is 35.6 Å². The summed E-state index contributed by atoms with van der Waals surface area (Å²) in [6, 6.07) is 9.89. The van der Waals surface area contributed by atoms with E-state index in [2.05, 4.69) is 0 Å². The molecule has 6 nitrogen and oxygen atoms in total. The smallest absolute Gasteiger partial charge is 0.369 e. The average molecular weight is 544 g/mol. The van der Waals surface area contributed by atoms with Crippen LogP contribution in [0.15, 0.2) is 48.7 Å². The minimum atomic E-state index is -4.54. The maximum atomic E-state index is 14.6. The zero-order valence-electron chi connectivity index (χ0n) is 22.6. The number of aryl methyl sites for hydroxylation is 1. The number of nitrogens with zero attached hydrogens (tertiary/aromatic N) is 5. The van der Waals surface area contributed by atoms with Gasteiger partial charge in [-0.3, -0.25) is 9.58 Å². The highest BCUT2D eigenvalue weighted by Crippen LogP contribution is 2.37. The van der Waals surface area contributed by atoms with Gasteiger partial charge in [0.2, 0.25) is 0 Å². The van der Waals surface area contributed by atoms with E-state index in [0.29, 0.717) is 43.0 Å². The number of anilines is 2. The van der Waals surface area contributed by atoms with Crippen LogP contribution in [0.4, 0.5) is 33.7 Å². The largest absolute Gasteiger partial charge is 0.416 e. The van der Waals surface area contributed by atoms with Gasteiger partial charge in [-0.1, -0.05) is 30.3 Å². The molecule has 0 spiro atoms. The van der Waals surface area contributed by atoms with Crippen LogP contribution in [0, 0.1) is 12.7 Å². The molecule has 0 radical (unpaired) electrons. The van der Waals surface area contributed by atoms with Crippen molar-refractivity contribution in [3.05, 3.63) is 76.9 Å². The normalized spacial score (nSPS) is 17.1. The van der Waals surface area contributed by atoms with Gasteiger partial charge < -0.3 is 9.80 Å². The molecule has 2 aromatic carbocycles. The predicted octanol–water partition coefficient (Wildman–Crippen LogP) is 6.72. The summed E-state index contributed by atoms with van der Waals surface area (Å²) in [5.41, 5.74) is 1.52. The van der Waals surface area contributed by atoms with Crippen LogP contribution in [0.5, 0.6) is 0 Å². The number of carbonyl (C=O) groups is 1. The number of hydrogen-bond acceptors (Lipinski definition) is 3. The van der Waals surface area contributed by atoms with E-state index in [1.165, 1.54) is 23.1 Å². The number of benzene rings is 2. The highest BCUT2D eigenvalue weighted by atomic mass is 19.4. The molecule has 3 heterocycles. The third-order valence-corrected chi connectivity index (χ3v) is 7.60. The van der Waals surface area contributed by atoms with Gasteiger partial charge in [0.15, 0.2) is 0 Å². The Morgan fingerprint density at radius 3 is 2.33 bits per heavy atom. The number of hydrogen-bond donors (Lipinski definition) is 0. The lowest BCUT2D eigenvalue weighted by molar-refractivity contribution is -0.138. The average Bonchev–Trinajstić information content (AvgIpc) is 3.31. The molecule has 0 N–H and O–H groups in total. The van der Waals surface area contributed by atoms with Crippen LogP contribution >= 0.6 is 0 Å². The molecular formula is C29H33F4N5O. The second-order valence-corrected chi connectivity index (χ2v) is 11.4. The number of alkyl halides is 3. The lowest BCUT2D eigenvalue weighted by Crippen LogP contribution is -2.54. The molecule has 2 aliphatic heterocycles. The van der Waals surface area contributed by atoms with Crippen molar-refractivity contribution in [2.24, 2.45) is 0 Å². The highest BCUT2D eigenvalue weighted by Gasteiger charge is 2.40. The topological polar surface area (TPSA) is 44.6 Å². The molecule has 5 rings (SSSR count). The van der Waals surface area contributed by atoms with Crippen LogP contribution in [0.25, 0.3) is 0 Å². The minimum Gasteiger partial charge on any atom is -0.369 e. The van der Waals surface area contributed by atoms with Crippen LogP contribution in [0.2, 0.25) is 0 Å². The number of halogens is 4. The van der Waals surface area contributed by atoms with E-state index in [1.807, 2.05) is 38.7 Å². The van der Waals surface area contributed by atoms with E-state index >= 15 is 0 Å². The first-order valence-electron chi connectivity index (χ1n) is 13.2. The first-order chi connectivity index (χ1) is 18.3. The van der Waals surface area contributed by atoms with Crippen molar-refractivity contribution in [3.63, 3.8) is 0 Å². The molecule has 39 heavy (non-hydrogen) atoms. The fourth-order valence-corrected chi connectivity index (χ4v) is 5.54. The summed E-state index contributed by atoms with van der Waals surface area (Å²) in [7, 11) is 0. The summed E-state index contributed by atoms with van der Waals surface area (Å²) in [6.07, 6.45) is -1.56. The molecule has 2 aliphatic rings. The van der Waals surface area contributed by atoms with Gasteiger partial charge in [-0.25, -0.2) is 9.18 Å². The van der Waals surface area contributed by atoms with Gasteiger partial charge in [-0.15, -0.1) is 0 Å². The summed E-state index contributed by atoms with van der Waals surface area (Å²) < 4.78 is 57.7. The fraction of sp³-hybridized carbons (Fsp3) is 0.448. The molecule has 0 saturated carbocycles. The van der Waals surface area contributed by atoms with Crippen molar-refractivity contribution in [2.75, 3.05) is 22.9 Å². The van der Waals surface area contributed by atoms with Crippen molar-refractivity contribution in [3.8, 4) is 0 Å². The summed E-state index contributed by atoms with van der Waals surface area (Å²) in [5.74, 6) is -0.269. The zero-order valence-corrected chi connectivity index (χ0v) is 22.6. The van der Waals surface area contributed by atoms with Gasteiger partial charge in [-0.05, 0) is 63.8 Å². The van der Waals surface area contributed by atoms with Crippen molar-refractivity contribution in [1.29, 1.82) is 0 Å². The van der Waals surface area contributed by atoms with E-state index in [1.54, 1.807) is 27.9 Å². The monoisotopic (exact) mass is 543 g/mol. The Balaban J connectivity index is 1.44. The number of rotatable bonds is 4. The van der Waals surface area contributed by atoms with Gasteiger partial charge in [0.1, 0.15) is 11.5 Å². The second-order valence-electron chi connectivity index (χ2n) is 11.4. The third-order valence-electron chi connectivity index (χ3n) is 7.60. The number of fused-ring (bicyclic) bond motifs is 1. The maximum absolute atomic E-state index is 14.6. The molecule has 3 aromatic rings. The van der Waals surface area contributed by atoms with E-state index in [9.17, 15) is 22.4 Å². The first kappa shape index (κ1) is 27.0. The number of urea groups is 1. The standard InChI is InChI=1S/C29H33F4N5O/c1-19-8-7-11-23(30)26(19)35-14-12-21(13-15-35)36-17-24-25(18-38(34-24)28(2,3)4)37(27(36)39)16-20-9-5-6-10-22(20)29(31,32)33/h5-11,18,21H,12-17H2,1-4H3. The Hall–Kier alpha value is -3.56. The van der Waals surface area contributed by atoms with Crippen molar-refractivity contribution in [2.45, 2.75) is 71.4 Å². The SMILES string of the molecule is Cc1cccc(F)c1N1CCC(N2Cc3nn(C(C)(C)C)cc3N(Cc3ccccc3C(F)(F)F)C2=O)CC1. The fourth-order valence-electron chi connectivity index (χ4n) is 5.54. The van der Waals surface area contributed by atoms with Gasteiger partial charge in [0, 0.05) is 25.3 Å². The lowest BCUT2D eigenvalue weighted by Gasteiger charge is -2.43. The molecule has 10 heteroatoms. The maximum Gasteiger partial charge on any atom is 0.416 e. The van der Waals surface area contributed by atoms with Crippen LogP contribution < -0.4 is 9.80 Å². The van der Waals surface area contributed by atoms with Crippen LogP contribution in [0.3, 0.4) is 0 Å². The van der Waals surface area contributed by atoms with Crippen molar-refractivity contribution >= 4 is 17.4 Å². The Bertz CT molecular complexity index is 1350. The Labute approximate surface area is 225 Å². The van der Waals surface area contributed by atoms with Crippen LogP contribution in [-0.4, -0.2) is 39.8 Å². The Kier molecular flexibility index (Phi) is 6.84. The van der Waals surface area contributed by atoms with Gasteiger partial charge in [-0.2, -0.15) is 18.3 Å². The molecule has 2 amide bonds. The minimum absolute atomic E-state index is 0.0273. The number of para-hydroxylation sites is 1. The van der Waals surface area contributed by atoms with E-state index in [4.69, 9.17) is 5.10 Å². The second kappa shape index (κ2) is 9.88. The van der Waals surface area contributed by atoms with E-state index < -0.39 is 11.7 Å². The predicted molar refractivity (Wildman–Crippen MR) is 142 cm³/mol. The molecular weight excluding hydrogens is 510 g/mol. The summed E-state index contributed by atoms with van der Waals surface area (Å²) >= 11 is 0. The summed E-state index contributed by atoms with van der Waals surface area (Å²) in [4.78, 5) is 19.1. The molecule has 0 atom stereocenters. The van der Waals surface area contributed by atoms with Crippen LogP contribution in [0.1, 0.15) is 56.0 Å². The summed E-state index contributed by atoms with van der Waals surface area (Å²) in [5, 5.41) is 4.75. The molecule has 208 valence electrons. The molecule has 0 aliphatic carbocycles. The number of aromatic nitrogens is 2. The van der Waals surface area contributed by atoms with Gasteiger partial charge in [0.25, 0.3) is 0 Å². The molecule has 1 fully saturated rings. The zero-order chi connectivity index (χ0) is 28.1. The van der Waals surface area contributed by atoms with Crippen molar-refractivity contribution < 1.29 is 22.4 Å². The van der Waals surface area contributed by atoms with E-state index in [0.717, 1.165) is 11.6 Å². The summed E-state index contributed by atoms with van der Waals surface area (Å²) in [6.45, 7) is 9.01.